The Morgan fingerprint density at radius 2 is 1.87 bits per heavy atom. The van der Waals surface area contributed by atoms with Crippen LogP contribution in [0.25, 0.3) is 0 Å². The zero-order valence-electron chi connectivity index (χ0n) is 17.2. The number of nitro groups is 1. The summed E-state index contributed by atoms with van der Waals surface area (Å²) < 4.78 is 37.0. The highest BCUT2D eigenvalue weighted by atomic mass is 32.2. The van der Waals surface area contributed by atoms with Gasteiger partial charge in [0.2, 0.25) is 10.0 Å². The molecule has 2 aromatic rings. The first-order valence-electron chi connectivity index (χ1n) is 9.08. The van der Waals surface area contributed by atoms with Crippen LogP contribution in [0, 0.1) is 10.1 Å². The van der Waals surface area contributed by atoms with Crippen LogP contribution < -0.4 is 14.9 Å². The molecule has 0 atom stereocenters. The van der Waals surface area contributed by atoms with Crippen molar-refractivity contribution in [3.63, 3.8) is 0 Å². The number of anilines is 1. The average molecular weight is 436 g/mol. The Hall–Kier alpha value is -3.18. The van der Waals surface area contributed by atoms with Gasteiger partial charge in [-0.15, -0.1) is 0 Å². The Balaban J connectivity index is 2.36. The third-order valence-electron chi connectivity index (χ3n) is 4.33. The zero-order valence-corrected chi connectivity index (χ0v) is 18.0. The van der Waals surface area contributed by atoms with Gasteiger partial charge in [0.1, 0.15) is 5.69 Å². The van der Waals surface area contributed by atoms with Crippen LogP contribution in [0.5, 0.6) is 11.5 Å². The number of nitrogens with zero attached hydrogens (tertiary/aromatic N) is 3. The van der Waals surface area contributed by atoms with Crippen LogP contribution in [0.1, 0.15) is 19.4 Å². The fourth-order valence-electron chi connectivity index (χ4n) is 2.82. The van der Waals surface area contributed by atoms with Gasteiger partial charge in [-0.3, -0.25) is 15.5 Å². The van der Waals surface area contributed by atoms with Crippen LogP contribution in [0.15, 0.2) is 46.4 Å². The third-order valence-corrected chi connectivity index (χ3v) is 6.38. The molecule has 2 aromatic carbocycles. The van der Waals surface area contributed by atoms with Gasteiger partial charge in [-0.25, -0.2) is 8.42 Å². The highest BCUT2D eigenvalue weighted by Gasteiger charge is 2.25. The number of methoxy groups -OCH3 is 2. The molecule has 1 N–H and O–H groups in total. The van der Waals surface area contributed by atoms with Gasteiger partial charge in [0.15, 0.2) is 11.5 Å². The van der Waals surface area contributed by atoms with E-state index < -0.39 is 20.6 Å². The number of ether oxygens (including phenoxy) is 2. The molecule has 10 nitrogen and oxygen atoms in total. The molecule has 11 heteroatoms. The summed E-state index contributed by atoms with van der Waals surface area (Å²) in [6, 6.07) is 8.86. The molecular formula is C19H24N4O6S. The number of nitro benzene ring substituents is 1. The highest BCUT2D eigenvalue weighted by Crippen LogP contribution is 2.31. The van der Waals surface area contributed by atoms with Crippen molar-refractivity contribution >= 4 is 27.6 Å². The smallest absolute Gasteiger partial charge is 0.295 e. The number of hydrogen-bond donors (Lipinski definition) is 1. The van der Waals surface area contributed by atoms with Crippen LogP contribution in [0.3, 0.4) is 0 Å². The lowest BCUT2D eigenvalue weighted by atomic mass is 10.2. The number of benzene rings is 2. The van der Waals surface area contributed by atoms with Crippen molar-refractivity contribution in [2.75, 3.05) is 32.7 Å². The molecule has 0 amide bonds. The first-order valence-corrected chi connectivity index (χ1v) is 10.5. The van der Waals surface area contributed by atoms with Crippen LogP contribution in [0.2, 0.25) is 0 Å². The third kappa shape index (κ3) is 4.86. The van der Waals surface area contributed by atoms with Gasteiger partial charge in [-0.05, 0) is 24.3 Å². The molecule has 30 heavy (non-hydrogen) atoms. The maximum Gasteiger partial charge on any atom is 0.295 e. The Kier molecular flexibility index (Phi) is 7.72. The van der Waals surface area contributed by atoms with Crippen molar-refractivity contribution in [2.45, 2.75) is 18.7 Å². The number of hydrazone groups is 1. The van der Waals surface area contributed by atoms with Crippen molar-refractivity contribution in [3.8, 4) is 11.5 Å². The topological polar surface area (TPSA) is 123 Å². The van der Waals surface area contributed by atoms with Gasteiger partial charge in [0.25, 0.3) is 5.69 Å². The van der Waals surface area contributed by atoms with E-state index in [1.807, 2.05) is 0 Å². The van der Waals surface area contributed by atoms with Crippen LogP contribution >= 0.6 is 0 Å². The predicted molar refractivity (Wildman–Crippen MR) is 114 cm³/mol. The predicted octanol–water partition coefficient (Wildman–Crippen LogP) is 3.09. The van der Waals surface area contributed by atoms with Crippen molar-refractivity contribution < 1.29 is 22.8 Å². The number of rotatable bonds is 10. The normalized spacial score (nSPS) is 11.6. The molecule has 0 fully saturated rings. The molecular weight excluding hydrogens is 412 g/mol. The molecule has 0 aliphatic carbocycles. The van der Waals surface area contributed by atoms with Gasteiger partial charge in [-0.1, -0.05) is 19.9 Å². The molecule has 0 spiro atoms. The van der Waals surface area contributed by atoms with E-state index in [-0.39, 0.29) is 23.7 Å². The lowest BCUT2D eigenvalue weighted by molar-refractivity contribution is -0.384. The molecule has 162 valence electrons. The van der Waals surface area contributed by atoms with E-state index in [4.69, 9.17) is 9.47 Å². The SMILES string of the molecule is CCN(CC)S(=O)(=O)c1ccc(N/N=C\c2cccc(OC)c2OC)c([N+](=O)[O-])c1. The number of para-hydroxylation sites is 1. The molecule has 0 saturated heterocycles. The zero-order chi connectivity index (χ0) is 22.3. The fourth-order valence-corrected chi connectivity index (χ4v) is 4.29. The average Bonchev–Trinajstić information content (AvgIpc) is 2.74. The van der Waals surface area contributed by atoms with Gasteiger partial charge >= 0.3 is 0 Å². The molecule has 0 bridgehead atoms. The van der Waals surface area contributed by atoms with Crippen molar-refractivity contribution in [2.24, 2.45) is 5.10 Å². The second-order valence-electron chi connectivity index (χ2n) is 5.98. The summed E-state index contributed by atoms with van der Waals surface area (Å²) in [7, 11) is -0.825. The van der Waals surface area contributed by atoms with Crippen molar-refractivity contribution in [3.05, 3.63) is 52.1 Å². The molecule has 2 rings (SSSR count). The Morgan fingerprint density at radius 1 is 1.17 bits per heavy atom. The second-order valence-corrected chi connectivity index (χ2v) is 7.92. The van der Waals surface area contributed by atoms with Crippen LogP contribution in [-0.2, 0) is 10.0 Å². The quantitative estimate of drug-likeness (QED) is 0.345. The largest absolute Gasteiger partial charge is 0.493 e. The summed E-state index contributed by atoms with van der Waals surface area (Å²) in [5.74, 6) is 0.971. The summed E-state index contributed by atoms with van der Waals surface area (Å²) in [6.45, 7) is 3.93. The van der Waals surface area contributed by atoms with E-state index in [0.29, 0.717) is 17.1 Å². The molecule has 0 aliphatic rings. The maximum absolute atomic E-state index is 12.6. The van der Waals surface area contributed by atoms with Gasteiger partial charge in [0, 0.05) is 24.7 Å². The second kappa shape index (κ2) is 10.0. The summed E-state index contributed by atoms with van der Waals surface area (Å²) in [5, 5.41) is 15.5. The summed E-state index contributed by atoms with van der Waals surface area (Å²) in [4.78, 5) is 10.7. The standard InChI is InChI=1S/C19H24N4O6S/c1-5-22(6-2)30(26,27)15-10-11-16(17(12-15)23(24)25)21-20-13-14-8-7-9-18(28-3)19(14)29-4/h7-13,21H,5-6H2,1-4H3/b20-13-. The van der Waals surface area contributed by atoms with Crippen LogP contribution in [0.4, 0.5) is 11.4 Å². The summed E-state index contributed by atoms with van der Waals surface area (Å²) in [6.07, 6.45) is 1.42. The molecule has 0 radical (unpaired) electrons. The lowest BCUT2D eigenvalue weighted by Crippen LogP contribution is -2.30. The molecule has 0 aromatic heterocycles. The van der Waals surface area contributed by atoms with Gasteiger partial charge in [-0.2, -0.15) is 9.41 Å². The van der Waals surface area contributed by atoms with E-state index in [1.54, 1.807) is 32.0 Å². The number of sulfonamides is 1. The summed E-state index contributed by atoms with van der Waals surface area (Å²) >= 11 is 0. The molecule has 0 saturated carbocycles. The van der Waals surface area contributed by atoms with E-state index in [1.165, 1.54) is 36.9 Å². The minimum atomic E-state index is -3.82. The van der Waals surface area contributed by atoms with Gasteiger partial charge in [0.05, 0.1) is 30.3 Å². The van der Waals surface area contributed by atoms with E-state index >= 15 is 0 Å². The van der Waals surface area contributed by atoms with Crippen molar-refractivity contribution in [1.82, 2.24) is 4.31 Å². The first-order chi connectivity index (χ1) is 14.3. The van der Waals surface area contributed by atoms with Gasteiger partial charge < -0.3 is 9.47 Å². The Bertz CT molecular complexity index is 1040. The Morgan fingerprint density at radius 3 is 2.43 bits per heavy atom. The minimum absolute atomic E-state index is 0.0524. The lowest BCUT2D eigenvalue weighted by Gasteiger charge is -2.18. The fraction of sp³-hybridized carbons (Fsp3) is 0.316. The summed E-state index contributed by atoms with van der Waals surface area (Å²) in [5.41, 5.74) is 2.83. The molecule has 0 unspecified atom stereocenters. The Labute approximate surface area is 175 Å². The van der Waals surface area contributed by atoms with E-state index in [2.05, 4.69) is 10.5 Å². The molecule has 0 aliphatic heterocycles. The van der Waals surface area contributed by atoms with E-state index in [9.17, 15) is 18.5 Å². The van der Waals surface area contributed by atoms with E-state index in [0.717, 1.165) is 6.07 Å². The molecule has 0 heterocycles. The van der Waals surface area contributed by atoms with Crippen LogP contribution in [-0.4, -0.2) is 51.2 Å². The minimum Gasteiger partial charge on any atom is -0.493 e. The highest BCUT2D eigenvalue weighted by molar-refractivity contribution is 7.89. The number of nitrogens with one attached hydrogen (secondary N) is 1. The maximum atomic E-state index is 12.6. The first kappa shape index (κ1) is 23.1. The van der Waals surface area contributed by atoms with Crippen molar-refractivity contribution in [1.29, 1.82) is 0 Å². The number of hydrogen-bond acceptors (Lipinski definition) is 8. The monoisotopic (exact) mass is 436 g/mol.